The van der Waals surface area contributed by atoms with Crippen LogP contribution in [0.3, 0.4) is 0 Å². The predicted octanol–water partition coefficient (Wildman–Crippen LogP) is 2.68. The first-order valence-electron chi connectivity index (χ1n) is 5.84. The summed E-state index contributed by atoms with van der Waals surface area (Å²) in [4.78, 5) is 0. The lowest BCUT2D eigenvalue weighted by atomic mass is 10.2. The number of ether oxygens (including phenoxy) is 1. The fourth-order valence-corrected chi connectivity index (χ4v) is 3.70. The molecule has 0 aliphatic carbocycles. The SMILES string of the molecule is Cc1ccc(NS(=O)(=O)C2CCOCC2)cc1Br. The van der Waals surface area contributed by atoms with Crippen molar-refractivity contribution in [3.8, 4) is 0 Å². The molecule has 18 heavy (non-hydrogen) atoms. The van der Waals surface area contributed by atoms with Crippen molar-refractivity contribution in [2.45, 2.75) is 25.0 Å². The third-order valence-electron chi connectivity index (χ3n) is 3.04. The molecule has 6 heteroatoms. The maximum Gasteiger partial charge on any atom is 0.235 e. The Morgan fingerprint density at radius 1 is 1.33 bits per heavy atom. The van der Waals surface area contributed by atoms with Gasteiger partial charge in [0.25, 0.3) is 0 Å². The van der Waals surface area contributed by atoms with E-state index in [9.17, 15) is 8.42 Å². The normalized spacial score (nSPS) is 17.7. The highest BCUT2D eigenvalue weighted by atomic mass is 79.9. The van der Waals surface area contributed by atoms with Crippen molar-refractivity contribution in [3.05, 3.63) is 28.2 Å². The molecule has 0 atom stereocenters. The van der Waals surface area contributed by atoms with E-state index in [1.165, 1.54) is 0 Å². The Balaban J connectivity index is 2.13. The van der Waals surface area contributed by atoms with Gasteiger partial charge >= 0.3 is 0 Å². The molecule has 1 aliphatic rings. The molecule has 2 rings (SSSR count). The first kappa shape index (κ1) is 13.8. The fraction of sp³-hybridized carbons (Fsp3) is 0.500. The molecule has 1 saturated heterocycles. The van der Waals surface area contributed by atoms with Crippen LogP contribution in [0.5, 0.6) is 0 Å². The molecule has 0 bridgehead atoms. The molecule has 1 N–H and O–H groups in total. The van der Waals surface area contributed by atoms with Crippen molar-refractivity contribution < 1.29 is 13.2 Å². The van der Waals surface area contributed by atoms with Crippen LogP contribution >= 0.6 is 15.9 Å². The molecule has 100 valence electrons. The van der Waals surface area contributed by atoms with E-state index in [0.717, 1.165) is 10.0 Å². The number of hydrogen-bond acceptors (Lipinski definition) is 3. The second-order valence-corrected chi connectivity index (χ2v) is 7.24. The molecule has 4 nitrogen and oxygen atoms in total. The van der Waals surface area contributed by atoms with Crippen molar-refractivity contribution in [1.29, 1.82) is 0 Å². The van der Waals surface area contributed by atoms with Gasteiger partial charge in [-0.25, -0.2) is 8.42 Å². The Morgan fingerprint density at radius 3 is 2.61 bits per heavy atom. The molecule has 1 heterocycles. The van der Waals surface area contributed by atoms with Crippen molar-refractivity contribution >= 4 is 31.6 Å². The number of sulfonamides is 1. The summed E-state index contributed by atoms with van der Waals surface area (Å²) in [6, 6.07) is 5.44. The Labute approximate surface area is 116 Å². The Kier molecular flexibility index (Phi) is 4.29. The highest BCUT2D eigenvalue weighted by molar-refractivity contribution is 9.10. The van der Waals surface area contributed by atoms with Gasteiger partial charge in [0.15, 0.2) is 0 Å². The third-order valence-corrected chi connectivity index (χ3v) is 5.76. The van der Waals surface area contributed by atoms with Gasteiger partial charge in [-0.05, 0) is 37.5 Å². The molecule has 0 radical (unpaired) electrons. The van der Waals surface area contributed by atoms with Crippen molar-refractivity contribution in [2.75, 3.05) is 17.9 Å². The summed E-state index contributed by atoms with van der Waals surface area (Å²) in [6.07, 6.45) is 1.12. The van der Waals surface area contributed by atoms with Crippen LogP contribution in [0.1, 0.15) is 18.4 Å². The molecule has 0 amide bonds. The smallest absolute Gasteiger partial charge is 0.235 e. The first-order chi connectivity index (χ1) is 8.49. The summed E-state index contributed by atoms with van der Waals surface area (Å²) in [5.74, 6) is 0. The minimum Gasteiger partial charge on any atom is -0.381 e. The zero-order chi connectivity index (χ0) is 13.2. The minimum absolute atomic E-state index is 0.355. The summed E-state index contributed by atoms with van der Waals surface area (Å²) < 4.78 is 33.1. The Bertz CT molecular complexity index is 524. The average molecular weight is 334 g/mol. The lowest BCUT2D eigenvalue weighted by molar-refractivity contribution is 0.0984. The number of rotatable bonds is 3. The molecule has 1 aromatic rings. The average Bonchev–Trinajstić information content (AvgIpc) is 2.35. The fourth-order valence-electron chi connectivity index (χ4n) is 1.89. The summed E-state index contributed by atoms with van der Waals surface area (Å²) >= 11 is 3.39. The van der Waals surface area contributed by atoms with Crippen LogP contribution in [0.15, 0.2) is 22.7 Å². The van der Waals surface area contributed by atoms with E-state index in [1.807, 2.05) is 13.0 Å². The van der Waals surface area contributed by atoms with Gasteiger partial charge in [-0.15, -0.1) is 0 Å². The largest absolute Gasteiger partial charge is 0.381 e. The quantitative estimate of drug-likeness (QED) is 0.925. The maximum absolute atomic E-state index is 12.2. The monoisotopic (exact) mass is 333 g/mol. The summed E-state index contributed by atoms with van der Waals surface area (Å²) in [6.45, 7) is 2.99. The van der Waals surface area contributed by atoms with E-state index in [2.05, 4.69) is 20.7 Å². The second kappa shape index (κ2) is 5.59. The number of anilines is 1. The van der Waals surface area contributed by atoms with E-state index < -0.39 is 10.0 Å². The van der Waals surface area contributed by atoms with E-state index in [1.54, 1.807) is 12.1 Å². The van der Waals surface area contributed by atoms with Gasteiger partial charge in [-0.3, -0.25) is 4.72 Å². The number of hydrogen-bond donors (Lipinski definition) is 1. The number of halogens is 1. The lowest BCUT2D eigenvalue weighted by Crippen LogP contribution is -2.33. The zero-order valence-electron chi connectivity index (χ0n) is 10.1. The van der Waals surface area contributed by atoms with Crippen LogP contribution in [0.4, 0.5) is 5.69 Å². The van der Waals surface area contributed by atoms with E-state index in [0.29, 0.717) is 31.7 Å². The van der Waals surface area contributed by atoms with Crippen LogP contribution in [-0.2, 0) is 14.8 Å². The summed E-state index contributed by atoms with van der Waals surface area (Å²) in [5.41, 5.74) is 1.67. The van der Waals surface area contributed by atoms with Crippen LogP contribution in [0.2, 0.25) is 0 Å². The molecule has 1 fully saturated rings. The van der Waals surface area contributed by atoms with Gasteiger partial charge < -0.3 is 4.74 Å². The van der Waals surface area contributed by atoms with Crippen LogP contribution < -0.4 is 4.72 Å². The molecule has 1 aromatic carbocycles. The lowest BCUT2D eigenvalue weighted by Gasteiger charge is -2.22. The van der Waals surface area contributed by atoms with Crippen LogP contribution in [0, 0.1) is 6.92 Å². The number of nitrogens with one attached hydrogen (secondary N) is 1. The molecule has 0 unspecified atom stereocenters. The molecular weight excluding hydrogens is 318 g/mol. The summed E-state index contributed by atoms with van der Waals surface area (Å²) in [5, 5.41) is -0.355. The second-order valence-electron chi connectivity index (χ2n) is 4.42. The van der Waals surface area contributed by atoms with Gasteiger partial charge in [-0.2, -0.15) is 0 Å². The van der Waals surface area contributed by atoms with Crippen LogP contribution in [-0.4, -0.2) is 26.9 Å². The van der Waals surface area contributed by atoms with Gasteiger partial charge in [0, 0.05) is 23.4 Å². The van der Waals surface area contributed by atoms with Crippen molar-refractivity contribution in [3.63, 3.8) is 0 Å². The van der Waals surface area contributed by atoms with Gasteiger partial charge in [0.2, 0.25) is 10.0 Å². The van der Waals surface area contributed by atoms with Gasteiger partial charge in [-0.1, -0.05) is 22.0 Å². The van der Waals surface area contributed by atoms with E-state index in [-0.39, 0.29) is 5.25 Å². The molecule has 0 spiro atoms. The highest BCUT2D eigenvalue weighted by Crippen LogP contribution is 2.24. The highest BCUT2D eigenvalue weighted by Gasteiger charge is 2.27. The molecule has 0 saturated carbocycles. The van der Waals surface area contributed by atoms with Crippen molar-refractivity contribution in [1.82, 2.24) is 0 Å². The molecular formula is C12H16BrNO3S. The predicted molar refractivity (Wildman–Crippen MR) is 75.3 cm³/mol. The summed E-state index contributed by atoms with van der Waals surface area (Å²) in [7, 11) is -3.32. The Hall–Kier alpha value is -0.590. The van der Waals surface area contributed by atoms with E-state index in [4.69, 9.17) is 4.74 Å². The van der Waals surface area contributed by atoms with E-state index >= 15 is 0 Å². The zero-order valence-corrected chi connectivity index (χ0v) is 12.6. The van der Waals surface area contributed by atoms with Crippen LogP contribution in [0.25, 0.3) is 0 Å². The minimum atomic E-state index is -3.32. The Morgan fingerprint density at radius 2 is 2.00 bits per heavy atom. The standard InChI is InChI=1S/C12H16BrNO3S/c1-9-2-3-10(8-12(9)13)14-18(15,16)11-4-6-17-7-5-11/h2-3,8,11,14H,4-7H2,1H3. The van der Waals surface area contributed by atoms with Gasteiger partial charge in [0.1, 0.15) is 0 Å². The molecule has 0 aromatic heterocycles. The number of aryl methyl sites for hydroxylation is 1. The maximum atomic E-state index is 12.2. The van der Waals surface area contributed by atoms with Crippen molar-refractivity contribution in [2.24, 2.45) is 0 Å². The molecule has 1 aliphatic heterocycles. The number of benzene rings is 1. The van der Waals surface area contributed by atoms with Gasteiger partial charge in [0.05, 0.1) is 5.25 Å². The first-order valence-corrected chi connectivity index (χ1v) is 8.18. The third kappa shape index (κ3) is 3.24. The topological polar surface area (TPSA) is 55.4 Å².